The lowest BCUT2D eigenvalue weighted by molar-refractivity contribution is 0.447. The molecule has 2 atom stereocenters. The summed E-state index contributed by atoms with van der Waals surface area (Å²) >= 11 is 0. The van der Waals surface area contributed by atoms with Gasteiger partial charge in [-0.1, -0.05) is 0 Å². The third kappa shape index (κ3) is 1.69. The molecule has 2 aliphatic heterocycles. The highest BCUT2D eigenvalue weighted by atomic mass is 32.2. The quantitative estimate of drug-likeness (QED) is 0.752. The van der Waals surface area contributed by atoms with E-state index in [1.54, 1.807) is 11.2 Å². The second-order valence-corrected chi connectivity index (χ2v) is 6.77. The van der Waals surface area contributed by atoms with Crippen molar-refractivity contribution in [2.75, 3.05) is 26.2 Å². The van der Waals surface area contributed by atoms with Gasteiger partial charge in [-0.05, 0) is 31.8 Å². The number of rotatable bonds is 2. The van der Waals surface area contributed by atoms with Crippen molar-refractivity contribution >= 4 is 10.0 Å². The van der Waals surface area contributed by atoms with Crippen LogP contribution in [0.15, 0.2) is 11.1 Å². The summed E-state index contributed by atoms with van der Waals surface area (Å²) in [5, 5.41) is 9.77. The van der Waals surface area contributed by atoms with Gasteiger partial charge < -0.3 is 5.32 Å². The van der Waals surface area contributed by atoms with Gasteiger partial charge in [0.25, 0.3) is 0 Å². The monoisotopic (exact) mass is 256 g/mol. The molecule has 94 valence electrons. The molecule has 2 saturated heterocycles. The van der Waals surface area contributed by atoms with Crippen molar-refractivity contribution in [3.8, 4) is 0 Å². The highest BCUT2D eigenvalue weighted by molar-refractivity contribution is 7.89. The van der Waals surface area contributed by atoms with Gasteiger partial charge in [0.1, 0.15) is 4.90 Å². The second-order valence-electron chi connectivity index (χ2n) is 4.86. The number of sulfonamides is 1. The SMILES string of the molecule is Cc1[nH]ncc1S(=O)(=O)N1CC2CNCC2C1. The standard InChI is InChI=1S/C10H16N4O2S/c1-7-10(4-12-13-7)17(15,16)14-5-8-2-11-3-9(8)6-14/h4,8-9,11H,2-3,5-6H2,1H3,(H,12,13). The van der Waals surface area contributed by atoms with Gasteiger partial charge in [-0.3, -0.25) is 5.10 Å². The number of aryl methyl sites for hydroxylation is 1. The topological polar surface area (TPSA) is 78.1 Å². The molecule has 1 aromatic rings. The van der Waals surface area contributed by atoms with E-state index in [-0.39, 0.29) is 0 Å². The summed E-state index contributed by atoms with van der Waals surface area (Å²) in [5.74, 6) is 0.939. The summed E-state index contributed by atoms with van der Waals surface area (Å²) in [4.78, 5) is 0.311. The molecule has 0 radical (unpaired) electrons. The molecule has 1 aromatic heterocycles. The number of nitrogens with one attached hydrogen (secondary N) is 2. The Hall–Kier alpha value is -0.920. The van der Waals surface area contributed by atoms with Gasteiger partial charge in [-0.2, -0.15) is 9.40 Å². The van der Waals surface area contributed by atoms with Crippen molar-refractivity contribution in [3.63, 3.8) is 0 Å². The molecule has 0 amide bonds. The second kappa shape index (κ2) is 3.79. The number of H-pyrrole nitrogens is 1. The van der Waals surface area contributed by atoms with Gasteiger partial charge in [0.2, 0.25) is 10.0 Å². The van der Waals surface area contributed by atoms with E-state index in [9.17, 15) is 8.42 Å². The summed E-state index contributed by atoms with van der Waals surface area (Å²) in [5.41, 5.74) is 0.611. The number of nitrogens with zero attached hydrogens (tertiary/aromatic N) is 2. The van der Waals surface area contributed by atoms with Crippen LogP contribution in [0.4, 0.5) is 0 Å². The van der Waals surface area contributed by atoms with Crippen LogP contribution in [0, 0.1) is 18.8 Å². The van der Waals surface area contributed by atoms with Gasteiger partial charge >= 0.3 is 0 Å². The summed E-state index contributed by atoms with van der Waals surface area (Å²) in [6.07, 6.45) is 1.40. The Morgan fingerprint density at radius 1 is 1.35 bits per heavy atom. The summed E-state index contributed by atoms with van der Waals surface area (Å²) in [6.45, 7) is 4.86. The third-order valence-electron chi connectivity index (χ3n) is 3.76. The molecule has 0 aliphatic carbocycles. The maximum atomic E-state index is 12.4. The predicted molar refractivity (Wildman–Crippen MR) is 61.9 cm³/mol. The fraction of sp³-hybridized carbons (Fsp3) is 0.700. The molecule has 17 heavy (non-hydrogen) atoms. The molecular weight excluding hydrogens is 240 g/mol. The first kappa shape index (κ1) is 11.2. The van der Waals surface area contributed by atoms with Crippen LogP contribution in [0.25, 0.3) is 0 Å². The molecule has 6 nitrogen and oxygen atoms in total. The fourth-order valence-electron chi connectivity index (χ4n) is 2.75. The molecule has 0 spiro atoms. The Kier molecular flexibility index (Phi) is 2.49. The number of aromatic amines is 1. The van der Waals surface area contributed by atoms with Crippen LogP contribution in [0.1, 0.15) is 5.69 Å². The van der Waals surface area contributed by atoms with E-state index in [4.69, 9.17) is 0 Å². The molecule has 2 fully saturated rings. The van der Waals surface area contributed by atoms with Gasteiger partial charge in [-0.25, -0.2) is 8.42 Å². The van der Waals surface area contributed by atoms with Crippen molar-refractivity contribution in [2.45, 2.75) is 11.8 Å². The highest BCUT2D eigenvalue weighted by Gasteiger charge is 2.42. The van der Waals surface area contributed by atoms with Crippen molar-refractivity contribution in [1.82, 2.24) is 19.8 Å². The van der Waals surface area contributed by atoms with Crippen molar-refractivity contribution in [1.29, 1.82) is 0 Å². The number of hydrogen-bond donors (Lipinski definition) is 2. The van der Waals surface area contributed by atoms with E-state index in [0.717, 1.165) is 13.1 Å². The lowest BCUT2D eigenvalue weighted by atomic mass is 10.0. The van der Waals surface area contributed by atoms with Crippen LogP contribution in [0.2, 0.25) is 0 Å². The normalized spacial score (nSPS) is 29.7. The zero-order valence-corrected chi connectivity index (χ0v) is 10.5. The summed E-state index contributed by atoms with van der Waals surface area (Å²) in [6, 6.07) is 0. The molecule has 0 aromatic carbocycles. The molecule has 7 heteroatoms. The molecule has 3 heterocycles. The van der Waals surface area contributed by atoms with Crippen LogP contribution in [-0.2, 0) is 10.0 Å². The van der Waals surface area contributed by atoms with Crippen LogP contribution in [0.5, 0.6) is 0 Å². The molecular formula is C10H16N4O2S. The van der Waals surface area contributed by atoms with Crippen molar-refractivity contribution in [3.05, 3.63) is 11.9 Å². The maximum absolute atomic E-state index is 12.4. The first-order chi connectivity index (χ1) is 8.09. The van der Waals surface area contributed by atoms with E-state index in [1.165, 1.54) is 6.20 Å². The molecule has 2 unspecified atom stereocenters. The van der Waals surface area contributed by atoms with E-state index in [0.29, 0.717) is 35.5 Å². The highest BCUT2D eigenvalue weighted by Crippen LogP contribution is 2.31. The summed E-state index contributed by atoms with van der Waals surface area (Å²) in [7, 11) is -3.36. The average molecular weight is 256 g/mol. The van der Waals surface area contributed by atoms with Crippen molar-refractivity contribution < 1.29 is 8.42 Å². The van der Waals surface area contributed by atoms with Gasteiger partial charge in [0.05, 0.1) is 11.9 Å². The number of fused-ring (bicyclic) bond motifs is 1. The van der Waals surface area contributed by atoms with E-state index >= 15 is 0 Å². The first-order valence-corrected chi connectivity index (χ1v) is 7.24. The maximum Gasteiger partial charge on any atom is 0.246 e. The molecule has 2 aliphatic rings. The minimum Gasteiger partial charge on any atom is -0.316 e. The first-order valence-electron chi connectivity index (χ1n) is 5.80. The molecule has 0 saturated carbocycles. The fourth-order valence-corrected chi connectivity index (χ4v) is 4.42. The average Bonchev–Trinajstić information content (AvgIpc) is 2.89. The van der Waals surface area contributed by atoms with Crippen LogP contribution in [0.3, 0.4) is 0 Å². The smallest absolute Gasteiger partial charge is 0.246 e. The Bertz CT molecular complexity index is 512. The van der Waals surface area contributed by atoms with Crippen molar-refractivity contribution in [2.24, 2.45) is 11.8 Å². The lowest BCUT2D eigenvalue weighted by Crippen LogP contribution is -2.32. The molecule has 3 rings (SSSR count). The van der Waals surface area contributed by atoms with Crippen LogP contribution < -0.4 is 5.32 Å². The summed E-state index contributed by atoms with van der Waals surface area (Å²) < 4.78 is 26.4. The Labute approximate surface area is 100 Å². The van der Waals surface area contributed by atoms with E-state index in [1.807, 2.05) is 0 Å². The van der Waals surface area contributed by atoms with Gasteiger partial charge in [0.15, 0.2) is 0 Å². The lowest BCUT2D eigenvalue weighted by Gasteiger charge is -2.16. The predicted octanol–water partition coefficient (Wildman–Crippen LogP) is -0.442. The molecule has 2 N–H and O–H groups in total. The Balaban J connectivity index is 1.88. The Morgan fingerprint density at radius 2 is 2.00 bits per heavy atom. The minimum atomic E-state index is -3.36. The molecule has 0 bridgehead atoms. The zero-order chi connectivity index (χ0) is 12.0. The van der Waals surface area contributed by atoms with Gasteiger partial charge in [-0.15, -0.1) is 0 Å². The third-order valence-corrected chi connectivity index (χ3v) is 5.70. The Morgan fingerprint density at radius 3 is 2.53 bits per heavy atom. The van der Waals surface area contributed by atoms with Crippen LogP contribution in [-0.4, -0.2) is 49.1 Å². The zero-order valence-electron chi connectivity index (χ0n) is 9.68. The number of aromatic nitrogens is 2. The largest absolute Gasteiger partial charge is 0.316 e. The van der Waals surface area contributed by atoms with Gasteiger partial charge in [0, 0.05) is 13.1 Å². The minimum absolute atomic E-state index is 0.311. The number of hydrogen-bond acceptors (Lipinski definition) is 4. The van der Waals surface area contributed by atoms with E-state index < -0.39 is 10.0 Å². The van der Waals surface area contributed by atoms with Crippen LogP contribution >= 0.6 is 0 Å². The van der Waals surface area contributed by atoms with E-state index in [2.05, 4.69) is 15.5 Å².